The predicted octanol–water partition coefficient (Wildman–Crippen LogP) is 2.86. The molecule has 1 aliphatic rings. The first-order valence-corrected chi connectivity index (χ1v) is 12.0. The van der Waals surface area contributed by atoms with Gasteiger partial charge in [0.2, 0.25) is 5.91 Å². The van der Waals surface area contributed by atoms with Gasteiger partial charge in [0.1, 0.15) is 11.3 Å². The number of nitrogens with one attached hydrogen (secondary N) is 1. The Labute approximate surface area is 192 Å². The molecule has 1 fully saturated rings. The standard InChI is InChI=1S/C22H24F3N5O2S/c23-22(24,25)17-4-1-16(2-5-17)3-8-21(31)30-11-9-29(10-12-30)13-14-33(32)18-6-7-19-20(15-18)27-28-26-19/h1-2,4-7,15H,3,8-14H2,(H,26,27,28). The molecule has 1 unspecified atom stereocenters. The van der Waals surface area contributed by atoms with Crippen LogP contribution in [-0.4, -0.2) is 74.1 Å². The Morgan fingerprint density at radius 3 is 2.52 bits per heavy atom. The number of nitrogens with zero attached hydrogens (tertiary/aromatic N) is 4. The van der Waals surface area contributed by atoms with E-state index in [0.717, 1.165) is 28.1 Å². The molecule has 4 rings (SSSR count). The lowest BCUT2D eigenvalue weighted by molar-refractivity contribution is -0.137. The van der Waals surface area contributed by atoms with Crippen molar-refractivity contribution in [1.82, 2.24) is 25.2 Å². The highest BCUT2D eigenvalue weighted by Crippen LogP contribution is 2.29. The van der Waals surface area contributed by atoms with Crippen LogP contribution >= 0.6 is 0 Å². The van der Waals surface area contributed by atoms with Crippen molar-refractivity contribution >= 4 is 28.1 Å². The zero-order valence-electron chi connectivity index (χ0n) is 17.8. The van der Waals surface area contributed by atoms with Crippen molar-refractivity contribution in [2.45, 2.75) is 23.9 Å². The van der Waals surface area contributed by atoms with Crippen molar-refractivity contribution in [2.75, 3.05) is 38.5 Å². The molecule has 0 bridgehead atoms. The van der Waals surface area contributed by atoms with Crippen LogP contribution in [0.5, 0.6) is 0 Å². The van der Waals surface area contributed by atoms with Gasteiger partial charge in [0.15, 0.2) is 4.90 Å². The minimum absolute atomic E-state index is 0.000376. The second kappa shape index (κ2) is 10.1. The summed E-state index contributed by atoms with van der Waals surface area (Å²) in [5.74, 6) is 0.495. The molecule has 1 aliphatic heterocycles. The normalized spacial score (nSPS) is 16.3. The lowest BCUT2D eigenvalue weighted by Gasteiger charge is -2.34. The summed E-state index contributed by atoms with van der Waals surface area (Å²) in [6, 6.07) is 10.3. The highest BCUT2D eigenvalue weighted by molar-refractivity contribution is 7.91. The number of aromatic amines is 1. The lowest BCUT2D eigenvalue weighted by atomic mass is 10.1. The number of H-pyrrole nitrogens is 1. The van der Waals surface area contributed by atoms with Crippen molar-refractivity contribution < 1.29 is 22.5 Å². The van der Waals surface area contributed by atoms with Crippen LogP contribution in [0.1, 0.15) is 17.5 Å². The number of halogens is 3. The first kappa shape index (κ1) is 23.5. The van der Waals surface area contributed by atoms with Crippen LogP contribution in [0.25, 0.3) is 11.0 Å². The molecule has 2 heterocycles. The molecule has 2 aromatic carbocycles. The molecule has 11 heteroatoms. The monoisotopic (exact) mass is 479 g/mol. The molecule has 3 aromatic rings. The van der Waals surface area contributed by atoms with E-state index >= 15 is 0 Å². The van der Waals surface area contributed by atoms with Gasteiger partial charge in [-0.1, -0.05) is 17.3 Å². The molecule has 0 spiro atoms. The molecule has 0 aliphatic carbocycles. The second-order valence-corrected chi connectivity index (χ2v) is 9.53. The van der Waals surface area contributed by atoms with Gasteiger partial charge in [0.05, 0.1) is 11.1 Å². The van der Waals surface area contributed by atoms with Gasteiger partial charge in [-0.25, -0.2) is 0 Å². The molecule has 0 saturated carbocycles. The van der Waals surface area contributed by atoms with Gasteiger partial charge in [-0.05, 0) is 47.4 Å². The van der Waals surface area contributed by atoms with Gasteiger partial charge in [-0.3, -0.25) is 14.8 Å². The van der Waals surface area contributed by atoms with Crippen molar-refractivity contribution in [3.05, 3.63) is 53.6 Å². The van der Waals surface area contributed by atoms with Crippen molar-refractivity contribution in [2.24, 2.45) is 0 Å². The fraction of sp³-hybridized carbons (Fsp3) is 0.409. The van der Waals surface area contributed by atoms with E-state index in [4.69, 9.17) is 0 Å². The number of aryl methyl sites for hydroxylation is 1. The zero-order chi connectivity index (χ0) is 23.4. The summed E-state index contributed by atoms with van der Waals surface area (Å²) >= 11 is -1.14. The van der Waals surface area contributed by atoms with Gasteiger partial charge in [0, 0.05) is 45.2 Å². The van der Waals surface area contributed by atoms with E-state index in [2.05, 4.69) is 20.3 Å². The Morgan fingerprint density at radius 1 is 1.09 bits per heavy atom. The third kappa shape index (κ3) is 6.04. The van der Waals surface area contributed by atoms with Crippen molar-refractivity contribution in [3.63, 3.8) is 0 Å². The smallest absolute Gasteiger partial charge is 0.416 e. The topological polar surface area (TPSA) is 88.2 Å². The van der Waals surface area contributed by atoms with E-state index in [-0.39, 0.29) is 12.3 Å². The van der Waals surface area contributed by atoms with Crippen LogP contribution in [0.2, 0.25) is 0 Å². The third-order valence-electron chi connectivity index (χ3n) is 5.79. The summed E-state index contributed by atoms with van der Waals surface area (Å²) in [6.07, 6.45) is -3.68. The van der Waals surface area contributed by atoms with E-state index in [1.807, 2.05) is 0 Å². The molecular formula is C22H24F3N5O2S. The first-order valence-electron chi connectivity index (χ1n) is 10.6. The number of alkyl halides is 3. The number of rotatable bonds is 7. The minimum atomic E-state index is -4.36. The molecule has 176 valence electrons. The molecule has 1 aromatic heterocycles. The van der Waals surface area contributed by atoms with Gasteiger partial charge in [-0.2, -0.15) is 13.2 Å². The quantitative estimate of drug-likeness (QED) is 0.527. The van der Waals surface area contributed by atoms with Crippen LogP contribution in [0.3, 0.4) is 0 Å². The largest absolute Gasteiger partial charge is 0.611 e. The highest BCUT2D eigenvalue weighted by atomic mass is 32.2. The molecule has 1 atom stereocenters. The second-order valence-electron chi connectivity index (χ2n) is 7.96. The van der Waals surface area contributed by atoms with Crippen molar-refractivity contribution in [3.8, 4) is 0 Å². The van der Waals surface area contributed by atoms with E-state index in [1.54, 1.807) is 23.1 Å². The summed E-state index contributed by atoms with van der Waals surface area (Å²) in [4.78, 5) is 17.2. The maximum Gasteiger partial charge on any atom is 0.416 e. The molecule has 1 amide bonds. The van der Waals surface area contributed by atoms with Crippen LogP contribution in [0.4, 0.5) is 13.2 Å². The fourth-order valence-electron chi connectivity index (χ4n) is 3.79. The van der Waals surface area contributed by atoms with Crippen LogP contribution in [0, 0.1) is 0 Å². The first-order chi connectivity index (χ1) is 15.8. The molecular weight excluding hydrogens is 455 g/mol. The summed E-state index contributed by atoms with van der Waals surface area (Å²) < 4.78 is 50.6. The Balaban J connectivity index is 1.18. The Morgan fingerprint density at radius 2 is 1.82 bits per heavy atom. The number of piperazine rings is 1. The molecule has 0 radical (unpaired) electrons. The number of benzene rings is 2. The number of amides is 1. The molecule has 1 N–H and O–H groups in total. The number of fused-ring (bicyclic) bond motifs is 1. The average Bonchev–Trinajstić information content (AvgIpc) is 3.29. The Hall–Kier alpha value is -2.63. The SMILES string of the molecule is O=C(CCc1ccc(C(F)(F)F)cc1)N1CCN(CC[S+]([O-])c2ccc3nn[nH]c3c2)CC1. The summed E-state index contributed by atoms with van der Waals surface area (Å²) in [6.45, 7) is 3.24. The van der Waals surface area contributed by atoms with Gasteiger partial charge >= 0.3 is 6.18 Å². The highest BCUT2D eigenvalue weighted by Gasteiger charge is 2.30. The number of hydrogen-bond donors (Lipinski definition) is 1. The number of carbonyl (C=O) groups is 1. The van der Waals surface area contributed by atoms with Crippen LogP contribution < -0.4 is 0 Å². The maximum absolute atomic E-state index is 12.7. The predicted molar refractivity (Wildman–Crippen MR) is 118 cm³/mol. The molecule has 33 heavy (non-hydrogen) atoms. The Kier molecular flexibility index (Phi) is 7.20. The minimum Gasteiger partial charge on any atom is -0.611 e. The molecule has 7 nitrogen and oxygen atoms in total. The number of hydrogen-bond acceptors (Lipinski definition) is 5. The van der Waals surface area contributed by atoms with E-state index in [9.17, 15) is 22.5 Å². The van der Waals surface area contributed by atoms with Gasteiger partial charge in [0.25, 0.3) is 0 Å². The van der Waals surface area contributed by atoms with Gasteiger partial charge in [-0.15, -0.1) is 5.10 Å². The summed E-state index contributed by atoms with van der Waals surface area (Å²) in [5.41, 5.74) is 1.51. The summed E-state index contributed by atoms with van der Waals surface area (Å²) in [7, 11) is 0. The average molecular weight is 480 g/mol. The van der Waals surface area contributed by atoms with E-state index in [0.29, 0.717) is 50.5 Å². The zero-order valence-corrected chi connectivity index (χ0v) is 18.7. The third-order valence-corrected chi connectivity index (χ3v) is 7.12. The van der Waals surface area contributed by atoms with Crippen LogP contribution in [-0.2, 0) is 28.6 Å². The van der Waals surface area contributed by atoms with Gasteiger partial charge < -0.3 is 9.45 Å². The lowest BCUT2D eigenvalue weighted by Crippen LogP contribution is -2.49. The maximum atomic E-state index is 12.7. The number of carbonyl (C=O) groups excluding carboxylic acids is 1. The molecule has 1 saturated heterocycles. The number of aromatic nitrogens is 3. The van der Waals surface area contributed by atoms with Crippen LogP contribution in [0.15, 0.2) is 47.4 Å². The Bertz CT molecular complexity index is 1080. The van der Waals surface area contributed by atoms with Crippen molar-refractivity contribution in [1.29, 1.82) is 0 Å². The summed E-state index contributed by atoms with van der Waals surface area (Å²) in [5, 5.41) is 10.4. The van der Waals surface area contributed by atoms with E-state index in [1.165, 1.54) is 12.1 Å². The fourth-order valence-corrected chi connectivity index (χ4v) is 4.92. The van der Waals surface area contributed by atoms with E-state index < -0.39 is 22.9 Å².